The Morgan fingerprint density at radius 3 is 2.62 bits per heavy atom. The van der Waals surface area contributed by atoms with Gasteiger partial charge >= 0.3 is 0 Å². The van der Waals surface area contributed by atoms with Crippen LogP contribution in [0, 0.1) is 0 Å². The molecule has 0 amide bonds. The van der Waals surface area contributed by atoms with E-state index in [-0.39, 0.29) is 0 Å². The van der Waals surface area contributed by atoms with Crippen LogP contribution in [-0.4, -0.2) is 30.3 Å². The van der Waals surface area contributed by atoms with Crippen LogP contribution < -0.4 is 10.2 Å². The number of aliphatic hydroxyl groups is 1. The van der Waals surface area contributed by atoms with Gasteiger partial charge in [0.05, 0.1) is 5.60 Å². The Labute approximate surface area is 133 Å². The SMILES string of the molecule is CC(C)NCc1ccc(Cl)cc1N(C)CC1(O)CCCC1. The fourth-order valence-electron chi connectivity index (χ4n) is 3.07. The van der Waals surface area contributed by atoms with Gasteiger partial charge in [-0.25, -0.2) is 0 Å². The van der Waals surface area contributed by atoms with E-state index in [1.54, 1.807) is 0 Å². The standard InChI is InChI=1S/C17H27ClN2O/c1-13(2)19-11-14-6-7-15(18)10-16(14)20(3)12-17(21)8-4-5-9-17/h6-7,10,13,19,21H,4-5,8-9,11-12H2,1-3H3. The van der Waals surface area contributed by atoms with Crippen molar-refractivity contribution < 1.29 is 5.11 Å². The molecule has 1 aliphatic rings. The van der Waals surface area contributed by atoms with Gasteiger partial charge in [0.1, 0.15) is 0 Å². The molecule has 2 rings (SSSR count). The average molecular weight is 311 g/mol. The molecule has 2 N–H and O–H groups in total. The van der Waals surface area contributed by atoms with E-state index in [9.17, 15) is 5.11 Å². The molecule has 21 heavy (non-hydrogen) atoms. The minimum Gasteiger partial charge on any atom is -0.388 e. The first-order valence-electron chi connectivity index (χ1n) is 7.85. The van der Waals surface area contributed by atoms with Crippen LogP contribution in [0.4, 0.5) is 5.69 Å². The highest BCUT2D eigenvalue weighted by molar-refractivity contribution is 6.30. The van der Waals surface area contributed by atoms with Crippen molar-refractivity contribution >= 4 is 17.3 Å². The number of halogens is 1. The molecular formula is C17H27ClN2O. The Hall–Kier alpha value is -0.770. The minimum atomic E-state index is -0.542. The van der Waals surface area contributed by atoms with Crippen molar-refractivity contribution in [3.63, 3.8) is 0 Å². The van der Waals surface area contributed by atoms with Gasteiger partial charge in [-0.3, -0.25) is 0 Å². The van der Waals surface area contributed by atoms with Crippen LogP contribution in [0.2, 0.25) is 5.02 Å². The maximum absolute atomic E-state index is 10.6. The second kappa shape index (κ2) is 6.99. The predicted molar refractivity (Wildman–Crippen MR) is 90.1 cm³/mol. The van der Waals surface area contributed by atoms with Crippen LogP contribution in [-0.2, 0) is 6.54 Å². The average Bonchev–Trinajstić information content (AvgIpc) is 2.83. The fourth-order valence-corrected chi connectivity index (χ4v) is 3.24. The lowest BCUT2D eigenvalue weighted by Crippen LogP contribution is -2.39. The molecule has 118 valence electrons. The van der Waals surface area contributed by atoms with Gasteiger partial charge in [0.25, 0.3) is 0 Å². The highest BCUT2D eigenvalue weighted by Gasteiger charge is 2.32. The van der Waals surface area contributed by atoms with E-state index in [0.717, 1.165) is 42.9 Å². The third kappa shape index (κ3) is 4.60. The quantitative estimate of drug-likeness (QED) is 0.843. The molecular weight excluding hydrogens is 284 g/mol. The van der Waals surface area contributed by atoms with E-state index in [4.69, 9.17) is 11.6 Å². The fraction of sp³-hybridized carbons (Fsp3) is 0.647. The lowest BCUT2D eigenvalue weighted by Gasteiger charge is -2.31. The molecule has 4 heteroatoms. The summed E-state index contributed by atoms with van der Waals surface area (Å²) in [7, 11) is 2.04. The summed E-state index contributed by atoms with van der Waals surface area (Å²) in [5, 5.41) is 14.8. The Morgan fingerprint density at radius 1 is 1.33 bits per heavy atom. The van der Waals surface area contributed by atoms with Gasteiger partial charge in [-0.15, -0.1) is 0 Å². The van der Waals surface area contributed by atoms with Crippen molar-refractivity contribution in [1.29, 1.82) is 0 Å². The lowest BCUT2D eigenvalue weighted by molar-refractivity contribution is 0.0559. The molecule has 0 spiro atoms. The van der Waals surface area contributed by atoms with Gasteiger partial charge in [-0.2, -0.15) is 0 Å². The monoisotopic (exact) mass is 310 g/mol. The van der Waals surface area contributed by atoms with Gasteiger partial charge in [0, 0.05) is 36.9 Å². The van der Waals surface area contributed by atoms with Crippen molar-refractivity contribution in [3.8, 4) is 0 Å². The molecule has 3 nitrogen and oxygen atoms in total. The van der Waals surface area contributed by atoms with Crippen molar-refractivity contribution in [3.05, 3.63) is 28.8 Å². The lowest BCUT2D eigenvalue weighted by atomic mass is 10.0. The summed E-state index contributed by atoms with van der Waals surface area (Å²) in [5.74, 6) is 0. The highest BCUT2D eigenvalue weighted by atomic mass is 35.5. The molecule has 1 aliphatic carbocycles. The zero-order valence-electron chi connectivity index (χ0n) is 13.3. The molecule has 0 heterocycles. The van der Waals surface area contributed by atoms with Gasteiger partial charge in [-0.1, -0.05) is 44.4 Å². The number of hydrogen-bond acceptors (Lipinski definition) is 3. The molecule has 0 aliphatic heterocycles. The third-order valence-electron chi connectivity index (χ3n) is 4.23. The molecule has 1 saturated carbocycles. The summed E-state index contributed by atoms with van der Waals surface area (Å²) < 4.78 is 0. The molecule has 0 unspecified atom stereocenters. The Kier molecular flexibility index (Phi) is 5.53. The van der Waals surface area contributed by atoms with Crippen LogP contribution in [0.25, 0.3) is 0 Å². The Bertz CT molecular complexity index is 470. The highest BCUT2D eigenvalue weighted by Crippen LogP contribution is 2.32. The van der Waals surface area contributed by atoms with E-state index in [0.29, 0.717) is 12.6 Å². The zero-order valence-corrected chi connectivity index (χ0v) is 14.1. The van der Waals surface area contributed by atoms with Gasteiger partial charge in [-0.05, 0) is 30.5 Å². The maximum Gasteiger partial charge on any atom is 0.0821 e. The third-order valence-corrected chi connectivity index (χ3v) is 4.46. The number of anilines is 1. The van der Waals surface area contributed by atoms with Gasteiger partial charge in [0.15, 0.2) is 0 Å². The molecule has 1 aromatic carbocycles. The summed E-state index contributed by atoms with van der Waals surface area (Å²) in [5.41, 5.74) is 1.79. The zero-order chi connectivity index (χ0) is 15.5. The minimum absolute atomic E-state index is 0.442. The number of likely N-dealkylation sites (N-methyl/N-ethyl adjacent to an activating group) is 1. The molecule has 0 aromatic heterocycles. The number of nitrogens with zero attached hydrogens (tertiary/aromatic N) is 1. The first-order valence-corrected chi connectivity index (χ1v) is 8.23. The Balaban J connectivity index is 2.14. The van der Waals surface area contributed by atoms with E-state index >= 15 is 0 Å². The number of nitrogens with one attached hydrogen (secondary N) is 1. The first-order chi connectivity index (χ1) is 9.89. The summed E-state index contributed by atoms with van der Waals surface area (Å²) in [6.45, 7) is 5.76. The van der Waals surface area contributed by atoms with Crippen LogP contribution in [0.15, 0.2) is 18.2 Å². The molecule has 1 fully saturated rings. The Morgan fingerprint density at radius 2 is 2.00 bits per heavy atom. The molecule has 0 radical (unpaired) electrons. The van der Waals surface area contributed by atoms with E-state index in [2.05, 4.69) is 30.1 Å². The van der Waals surface area contributed by atoms with Crippen molar-refractivity contribution in [2.75, 3.05) is 18.5 Å². The van der Waals surface area contributed by atoms with E-state index < -0.39 is 5.60 Å². The summed E-state index contributed by atoms with van der Waals surface area (Å²) >= 11 is 6.17. The normalized spacial score (nSPS) is 17.4. The van der Waals surface area contributed by atoms with Crippen molar-refractivity contribution in [1.82, 2.24) is 5.32 Å². The smallest absolute Gasteiger partial charge is 0.0821 e. The number of hydrogen-bond donors (Lipinski definition) is 2. The van der Waals surface area contributed by atoms with Crippen molar-refractivity contribution in [2.45, 2.75) is 57.7 Å². The summed E-state index contributed by atoms with van der Waals surface area (Å²) in [6.07, 6.45) is 4.05. The van der Waals surface area contributed by atoms with Crippen LogP contribution in [0.5, 0.6) is 0 Å². The van der Waals surface area contributed by atoms with Crippen LogP contribution in [0.1, 0.15) is 45.1 Å². The molecule has 0 bridgehead atoms. The van der Waals surface area contributed by atoms with E-state index in [1.807, 2.05) is 19.2 Å². The predicted octanol–water partition coefficient (Wildman–Crippen LogP) is 3.58. The number of rotatable bonds is 6. The second-order valence-electron chi connectivity index (χ2n) is 6.60. The van der Waals surface area contributed by atoms with Gasteiger partial charge < -0.3 is 15.3 Å². The van der Waals surface area contributed by atoms with Crippen LogP contribution in [0.3, 0.4) is 0 Å². The molecule has 0 saturated heterocycles. The first kappa shape index (κ1) is 16.6. The van der Waals surface area contributed by atoms with E-state index in [1.165, 1.54) is 5.56 Å². The number of benzene rings is 1. The second-order valence-corrected chi connectivity index (χ2v) is 7.03. The molecule has 0 atom stereocenters. The van der Waals surface area contributed by atoms with Crippen molar-refractivity contribution in [2.24, 2.45) is 0 Å². The van der Waals surface area contributed by atoms with Crippen LogP contribution >= 0.6 is 11.6 Å². The largest absolute Gasteiger partial charge is 0.388 e. The summed E-state index contributed by atoms with van der Waals surface area (Å²) in [4.78, 5) is 2.15. The maximum atomic E-state index is 10.6. The summed E-state index contributed by atoms with van der Waals surface area (Å²) in [6, 6.07) is 6.44. The van der Waals surface area contributed by atoms with Gasteiger partial charge in [0.2, 0.25) is 0 Å². The topological polar surface area (TPSA) is 35.5 Å². The molecule has 1 aromatic rings.